The molecule has 0 saturated heterocycles. The first-order chi connectivity index (χ1) is 12.5. The van der Waals surface area contributed by atoms with Crippen LogP contribution in [0, 0.1) is 5.82 Å². The monoisotopic (exact) mass is 375 g/mol. The van der Waals surface area contributed by atoms with Crippen LogP contribution in [0.15, 0.2) is 30.6 Å². The van der Waals surface area contributed by atoms with Crippen molar-refractivity contribution in [1.82, 2.24) is 19.9 Å². The summed E-state index contributed by atoms with van der Waals surface area (Å²) in [6.45, 7) is 2.29. The molecule has 2 N–H and O–H groups in total. The van der Waals surface area contributed by atoms with E-state index in [2.05, 4.69) is 20.7 Å². The fourth-order valence-electron chi connectivity index (χ4n) is 2.88. The number of amides is 1. The number of rotatable bonds is 0. The van der Waals surface area contributed by atoms with Gasteiger partial charge in [-0.1, -0.05) is 11.6 Å². The van der Waals surface area contributed by atoms with Crippen molar-refractivity contribution in [2.45, 2.75) is 13.0 Å². The van der Waals surface area contributed by atoms with Crippen LogP contribution < -0.4 is 15.4 Å². The lowest BCUT2D eigenvalue weighted by atomic mass is 10.1. The van der Waals surface area contributed by atoms with E-state index in [1.54, 1.807) is 12.3 Å². The number of carbonyl (C=O) groups is 1. The Hall–Kier alpha value is -2.87. The number of aromatic nitrogens is 3. The molecule has 1 aliphatic heterocycles. The van der Waals surface area contributed by atoms with Gasteiger partial charge < -0.3 is 15.4 Å². The second-order valence-corrected chi connectivity index (χ2v) is 6.32. The zero-order chi connectivity index (χ0) is 18.3. The van der Waals surface area contributed by atoms with Crippen LogP contribution >= 0.6 is 11.6 Å². The zero-order valence-corrected chi connectivity index (χ0v) is 14.5. The summed E-state index contributed by atoms with van der Waals surface area (Å²) in [5.41, 5.74) is 1.36. The second kappa shape index (κ2) is 6.45. The Balaban J connectivity index is 1.82. The van der Waals surface area contributed by atoms with Crippen molar-refractivity contribution < 1.29 is 13.9 Å². The van der Waals surface area contributed by atoms with Crippen LogP contribution in [-0.4, -0.2) is 33.7 Å². The van der Waals surface area contributed by atoms with Gasteiger partial charge in [0.1, 0.15) is 29.6 Å². The molecule has 0 aliphatic carbocycles. The quantitative estimate of drug-likeness (QED) is 0.631. The zero-order valence-electron chi connectivity index (χ0n) is 13.8. The Kier molecular flexibility index (Phi) is 4.12. The molecule has 2 bridgehead atoms. The number of ether oxygens (including phenoxy) is 1. The molecule has 0 radical (unpaired) electrons. The van der Waals surface area contributed by atoms with Crippen LogP contribution in [0.25, 0.3) is 5.65 Å². The van der Waals surface area contributed by atoms with Gasteiger partial charge in [0.2, 0.25) is 0 Å². The minimum absolute atomic E-state index is 0.176. The first-order valence-electron chi connectivity index (χ1n) is 8.04. The molecule has 1 atom stereocenters. The van der Waals surface area contributed by atoms with E-state index in [1.165, 1.54) is 22.8 Å². The van der Waals surface area contributed by atoms with Gasteiger partial charge in [-0.15, -0.1) is 0 Å². The Morgan fingerprint density at radius 2 is 2.27 bits per heavy atom. The molecule has 9 heteroatoms. The molecular formula is C17H15ClFN5O2. The summed E-state index contributed by atoms with van der Waals surface area (Å²) in [6, 6.07) is 3.97. The van der Waals surface area contributed by atoms with Crippen molar-refractivity contribution in [2.75, 3.05) is 18.5 Å². The number of anilines is 1. The van der Waals surface area contributed by atoms with Crippen molar-refractivity contribution in [3.05, 3.63) is 52.6 Å². The van der Waals surface area contributed by atoms with Crippen LogP contribution in [0.1, 0.15) is 28.9 Å². The maximum Gasteiger partial charge on any atom is 0.256 e. The topological polar surface area (TPSA) is 80.5 Å². The van der Waals surface area contributed by atoms with Crippen LogP contribution in [-0.2, 0) is 0 Å². The SMILES string of the molecule is C[C@H]1Nc2ccn3ncc(c3n2)C(=O)NCCOc2c(Cl)cc(F)cc21. The summed E-state index contributed by atoms with van der Waals surface area (Å²) < 4.78 is 21.1. The Bertz CT molecular complexity index is 1010. The minimum atomic E-state index is -0.454. The maximum atomic E-state index is 13.9. The Morgan fingerprint density at radius 1 is 1.42 bits per heavy atom. The van der Waals surface area contributed by atoms with Crippen molar-refractivity contribution in [3.8, 4) is 5.75 Å². The van der Waals surface area contributed by atoms with Crippen molar-refractivity contribution >= 4 is 29.0 Å². The number of carbonyl (C=O) groups excluding carboxylic acids is 1. The number of fused-ring (bicyclic) bond motifs is 2. The van der Waals surface area contributed by atoms with E-state index >= 15 is 0 Å². The molecule has 0 spiro atoms. The van der Waals surface area contributed by atoms with Crippen molar-refractivity contribution in [3.63, 3.8) is 0 Å². The molecule has 1 amide bonds. The fourth-order valence-corrected chi connectivity index (χ4v) is 3.14. The lowest BCUT2D eigenvalue weighted by Crippen LogP contribution is -2.28. The molecule has 7 nitrogen and oxygen atoms in total. The van der Waals surface area contributed by atoms with Gasteiger partial charge in [-0.3, -0.25) is 4.79 Å². The van der Waals surface area contributed by atoms with E-state index < -0.39 is 5.82 Å². The molecule has 1 aromatic carbocycles. The highest BCUT2D eigenvalue weighted by molar-refractivity contribution is 6.32. The standard InChI is InChI=1S/C17H15ClFN5O2/c1-9-11-6-10(19)7-13(18)15(11)26-5-3-20-17(25)12-8-21-24-4-2-14(22-9)23-16(12)24/h2,4,6-9H,3,5H2,1H3,(H,20,25)(H,22,23)/t9-/m1/s1. The van der Waals surface area contributed by atoms with Crippen molar-refractivity contribution in [2.24, 2.45) is 0 Å². The molecular weight excluding hydrogens is 361 g/mol. The third-order valence-corrected chi connectivity index (χ3v) is 4.40. The molecule has 1 aliphatic rings. The Labute approximate surface area is 153 Å². The van der Waals surface area contributed by atoms with E-state index in [0.717, 1.165) is 0 Å². The van der Waals surface area contributed by atoms with Gasteiger partial charge in [-0.05, 0) is 25.1 Å². The summed E-state index contributed by atoms with van der Waals surface area (Å²) >= 11 is 6.17. The largest absolute Gasteiger partial charge is 0.490 e. The number of hydrogen-bond acceptors (Lipinski definition) is 5. The average molecular weight is 376 g/mol. The summed E-state index contributed by atoms with van der Waals surface area (Å²) in [4.78, 5) is 16.8. The molecule has 0 unspecified atom stereocenters. The molecule has 0 fully saturated rings. The van der Waals surface area contributed by atoms with Crippen LogP contribution in [0.2, 0.25) is 5.02 Å². The highest BCUT2D eigenvalue weighted by Crippen LogP contribution is 2.35. The van der Waals surface area contributed by atoms with E-state index in [-0.39, 0.29) is 30.1 Å². The van der Waals surface area contributed by atoms with Gasteiger partial charge in [-0.2, -0.15) is 5.10 Å². The van der Waals surface area contributed by atoms with Gasteiger partial charge in [0.15, 0.2) is 5.65 Å². The minimum Gasteiger partial charge on any atom is -0.490 e. The van der Waals surface area contributed by atoms with Crippen molar-refractivity contribution in [1.29, 1.82) is 0 Å². The van der Waals surface area contributed by atoms with Gasteiger partial charge in [0.05, 0.1) is 23.8 Å². The highest BCUT2D eigenvalue weighted by Gasteiger charge is 2.20. The maximum absolute atomic E-state index is 13.9. The molecule has 4 rings (SSSR count). The molecule has 26 heavy (non-hydrogen) atoms. The summed E-state index contributed by atoms with van der Waals surface area (Å²) in [7, 11) is 0. The third-order valence-electron chi connectivity index (χ3n) is 4.12. The predicted molar refractivity (Wildman–Crippen MR) is 94.3 cm³/mol. The second-order valence-electron chi connectivity index (χ2n) is 5.92. The fraction of sp³-hybridized carbons (Fsp3) is 0.235. The summed E-state index contributed by atoms with van der Waals surface area (Å²) in [6.07, 6.45) is 3.16. The number of nitrogens with zero attached hydrogens (tertiary/aromatic N) is 3. The van der Waals surface area contributed by atoms with Gasteiger partial charge >= 0.3 is 0 Å². The van der Waals surface area contributed by atoms with Crippen LogP contribution in [0.3, 0.4) is 0 Å². The third kappa shape index (κ3) is 2.92. The van der Waals surface area contributed by atoms with Crippen LogP contribution in [0.5, 0.6) is 5.75 Å². The van der Waals surface area contributed by atoms with Gasteiger partial charge in [0.25, 0.3) is 5.91 Å². The highest BCUT2D eigenvalue weighted by atomic mass is 35.5. The first-order valence-corrected chi connectivity index (χ1v) is 8.41. The van der Waals surface area contributed by atoms with E-state index in [0.29, 0.717) is 28.3 Å². The average Bonchev–Trinajstić information content (AvgIpc) is 3.02. The molecule has 3 aromatic rings. The Morgan fingerprint density at radius 3 is 3.12 bits per heavy atom. The van der Waals surface area contributed by atoms with Gasteiger partial charge in [0, 0.05) is 11.8 Å². The molecule has 3 heterocycles. The smallest absolute Gasteiger partial charge is 0.256 e. The van der Waals surface area contributed by atoms with Gasteiger partial charge in [-0.25, -0.2) is 13.9 Å². The predicted octanol–water partition coefficient (Wildman–Crippen LogP) is 2.82. The number of halogens is 2. The van der Waals surface area contributed by atoms with Crippen LogP contribution in [0.4, 0.5) is 10.2 Å². The lowest BCUT2D eigenvalue weighted by molar-refractivity contribution is 0.0948. The van der Waals surface area contributed by atoms with E-state index in [1.807, 2.05) is 6.92 Å². The number of nitrogens with one attached hydrogen (secondary N) is 2. The summed E-state index contributed by atoms with van der Waals surface area (Å²) in [5.74, 6) is 0.145. The molecule has 2 aromatic heterocycles. The van der Waals surface area contributed by atoms with E-state index in [4.69, 9.17) is 16.3 Å². The normalized spacial score (nSPS) is 17.3. The molecule has 0 saturated carbocycles. The lowest BCUT2D eigenvalue weighted by Gasteiger charge is -2.20. The number of benzene rings is 1. The first kappa shape index (κ1) is 16.6. The number of hydrogen-bond donors (Lipinski definition) is 2. The molecule has 134 valence electrons. The summed E-state index contributed by atoms with van der Waals surface area (Å²) in [5, 5.41) is 10.2. The van der Waals surface area contributed by atoms with E-state index in [9.17, 15) is 9.18 Å².